The van der Waals surface area contributed by atoms with Crippen molar-refractivity contribution in [1.82, 2.24) is 10.2 Å². The van der Waals surface area contributed by atoms with E-state index in [0.717, 1.165) is 18.8 Å². The van der Waals surface area contributed by atoms with Crippen molar-refractivity contribution in [3.63, 3.8) is 0 Å². The number of urea groups is 1. The molecular weight excluding hydrogens is 262 g/mol. The summed E-state index contributed by atoms with van der Waals surface area (Å²) in [4.78, 5) is 14.2. The maximum atomic E-state index is 12.4. The normalized spacial score (nSPS) is 15.7. The molecule has 0 atom stereocenters. The van der Waals surface area contributed by atoms with Crippen molar-refractivity contribution in [2.45, 2.75) is 26.2 Å². The van der Waals surface area contributed by atoms with Crippen molar-refractivity contribution in [2.75, 3.05) is 5.32 Å². The summed E-state index contributed by atoms with van der Waals surface area (Å²) in [6.07, 6.45) is 0. The fourth-order valence-electron chi connectivity index (χ4n) is 3.05. The predicted molar refractivity (Wildman–Crippen MR) is 81.7 cm³/mol. The largest absolute Gasteiger partial charge is 0.322 e. The summed E-state index contributed by atoms with van der Waals surface area (Å²) in [6, 6.07) is 14.3. The van der Waals surface area contributed by atoms with Gasteiger partial charge < -0.3 is 15.5 Å². The molecule has 2 aliphatic rings. The topological polar surface area (TPSA) is 44.4 Å². The first-order chi connectivity index (χ1) is 10.3. The zero-order chi connectivity index (χ0) is 14.2. The highest BCUT2D eigenvalue weighted by atomic mass is 16.2. The van der Waals surface area contributed by atoms with E-state index in [1.807, 2.05) is 23.1 Å². The van der Waals surface area contributed by atoms with Gasteiger partial charge in [0.25, 0.3) is 0 Å². The van der Waals surface area contributed by atoms with E-state index in [4.69, 9.17) is 0 Å². The number of hydrogen-bond acceptors (Lipinski definition) is 2. The van der Waals surface area contributed by atoms with Gasteiger partial charge in [-0.2, -0.15) is 0 Å². The van der Waals surface area contributed by atoms with Crippen molar-refractivity contribution in [2.24, 2.45) is 0 Å². The Morgan fingerprint density at radius 2 is 1.67 bits per heavy atom. The SMILES string of the molecule is O=C(Nc1ccc2c(c1)CNC2)N1Cc2ccccc2C1. The number of carbonyl (C=O) groups excluding carboxylic acids is 1. The molecule has 2 aromatic carbocycles. The van der Waals surface area contributed by atoms with Crippen LogP contribution >= 0.6 is 0 Å². The molecule has 4 rings (SSSR count). The summed E-state index contributed by atoms with van der Waals surface area (Å²) < 4.78 is 0. The third-order valence-corrected chi connectivity index (χ3v) is 4.22. The van der Waals surface area contributed by atoms with Gasteiger partial charge in [-0.15, -0.1) is 0 Å². The molecule has 0 unspecified atom stereocenters. The van der Waals surface area contributed by atoms with E-state index in [0.29, 0.717) is 13.1 Å². The van der Waals surface area contributed by atoms with Crippen molar-refractivity contribution >= 4 is 11.7 Å². The lowest BCUT2D eigenvalue weighted by atomic mass is 10.1. The van der Waals surface area contributed by atoms with E-state index >= 15 is 0 Å². The minimum atomic E-state index is -0.0305. The third-order valence-electron chi connectivity index (χ3n) is 4.22. The number of benzene rings is 2. The molecule has 0 fully saturated rings. The minimum Gasteiger partial charge on any atom is -0.316 e. The van der Waals surface area contributed by atoms with E-state index in [1.165, 1.54) is 22.3 Å². The lowest BCUT2D eigenvalue weighted by Gasteiger charge is -2.16. The van der Waals surface area contributed by atoms with Crippen molar-refractivity contribution in [3.05, 3.63) is 64.7 Å². The number of carbonyl (C=O) groups is 1. The zero-order valence-electron chi connectivity index (χ0n) is 11.7. The Morgan fingerprint density at radius 1 is 0.952 bits per heavy atom. The highest BCUT2D eigenvalue weighted by Crippen LogP contribution is 2.24. The number of nitrogens with one attached hydrogen (secondary N) is 2. The summed E-state index contributed by atoms with van der Waals surface area (Å²) >= 11 is 0. The molecule has 2 aromatic rings. The van der Waals surface area contributed by atoms with Crippen LogP contribution in [0.3, 0.4) is 0 Å². The van der Waals surface area contributed by atoms with Crippen LogP contribution in [0.2, 0.25) is 0 Å². The predicted octanol–water partition coefficient (Wildman–Crippen LogP) is 2.84. The number of hydrogen-bond donors (Lipinski definition) is 2. The van der Waals surface area contributed by atoms with E-state index in [-0.39, 0.29) is 6.03 Å². The number of fused-ring (bicyclic) bond motifs is 2. The van der Waals surface area contributed by atoms with E-state index in [2.05, 4.69) is 34.9 Å². The fourth-order valence-corrected chi connectivity index (χ4v) is 3.05. The number of amides is 2. The zero-order valence-corrected chi connectivity index (χ0v) is 11.7. The van der Waals surface area contributed by atoms with E-state index in [1.54, 1.807) is 0 Å². The summed E-state index contributed by atoms with van der Waals surface area (Å²) in [5.41, 5.74) is 5.95. The van der Waals surface area contributed by atoms with Gasteiger partial charge in [0.15, 0.2) is 0 Å². The molecule has 0 aromatic heterocycles. The molecule has 0 aliphatic carbocycles. The fraction of sp³-hybridized carbons (Fsp3) is 0.235. The molecule has 2 amide bonds. The highest BCUT2D eigenvalue weighted by Gasteiger charge is 2.23. The van der Waals surface area contributed by atoms with Crippen molar-refractivity contribution < 1.29 is 4.79 Å². The average molecular weight is 279 g/mol. The maximum Gasteiger partial charge on any atom is 0.322 e. The lowest BCUT2D eigenvalue weighted by Crippen LogP contribution is -2.30. The Morgan fingerprint density at radius 3 is 2.43 bits per heavy atom. The lowest BCUT2D eigenvalue weighted by molar-refractivity contribution is 0.212. The Balaban J connectivity index is 1.47. The second kappa shape index (κ2) is 4.90. The first-order valence-corrected chi connectivity index (χ1v) is 7.25. The molecule has 0 saturated heterocycles. The van der Waals surface area contributed by atoms with Gasteiger partial charge in [-0.25, -0.2) is 4.79 Å². The average Bonchev–Trinajstić information content (AvgIpc) is 3.13. The number of anilines is 1. The molecule has 0 spiro atoms. The highest BCUT2D eigenvalue weighted by molar-refractivity contribution is 5.89. The molecule has 4 nitrogen and oxygen atoms in total. The third kappa shape index (κ3) is 2.28. The molecule has 2 aliphatic heterocycles. The Labute approximate surface area is 123 Å². The Bertz CT molecular complexity index is 686. The molecular formula is C17H17N3O. The minimum absolute atomic E-state index is 0.0305. The summed E-state index contributed by atoms with van der Waals surface area (Å²) in [5.74, 6) is 0. The summed E-state index contributed by atoms with van der Waals surface area (Å²) in [7, 11) is 0. The molecule has 2 N–H and O–H groups in total. The van der Waals surface area contributed by atoms with Gasteiger partial charge in [0.1, 0.15) is 0 Å². The van der Waals surface area contributed by atoms with Crippen molar-refractivity contribution in [1.29, 1.82) is 0 Å². The molecule has 106 valence electrons. The van der Waals surface area contributed by atoms with Crippen LogP contribution in [0.25, 0.3) is 0 Å². The van der Waals surface area contributed by atoms with Crippen LogP contribution in [0.1, 0.15) is 22.3 Å². The summed E-state index contributed by atoms with van der Waals surface area (Å²) in [6.45, 7) is 3.18. The van der Waals surface area contributed by atoms with Crippen molar-refractivity contribution in [3.8, 4) is 0 Å². The van der Waals surface area contributed by atoms with Gasteiger partial charge in [-0.05, 0) is 34.4 Å². The number of rotatable bonds is 1. The van der Waals surface area contributed by atoms with Crippen LogP contribution in [0, 0.1) is 0 Å². The monoisotopic (exact) mass is 279 g/mol. The second-order valence-corrected chi connectivity index (χ2v) is 5.64. The van der Waals surface area contributed by atoms with Crippen LogP contribution in [-0.4, -0.2) is 10.9 Å². The van der Waals surface area contributed by atoms with Gasteiger partial charge in [-0.3, -0.25) is 0 Å². The van der Waals surface area contributed by atoms with E-state index < -0.39 is 0 Å². The number of nitrogens with zero attached hydrogens (tertiary/aromatic N) is 1. The van der Waals surface area contributed by atoms with Crippen LogP contribution < -0.4 is 10.6 Å². The van der Waals surface area contributed by atoms with Gasteiger partial charge in [-0.1, -0.05) is 30.3 Å². The van der Waals surface area contributed by atoms with Gasteiger partial charge in [0.2, 0.25) is 0 Å². The molecule has 4 heteroatoms. The van der Waals surface area contributed by atoms with Crippen LogP contribution in [0.15, 0.2) is 42.5 Å². The molecule has 21 heavy (non-hydrogen) atoms. The Hall–Kier alpha value is -2.33. The smallest absolute Gasteiger partial charge is 0.316 e. The van der Waals surface area contributed by atoms with Crippen LogP contribution in [0.4, 0.5) is 10.5 Å². The van der Waals surface area contributed by atoms with Crippen LogP contribution in [0.5, 0.6) is 0 Å². The molecule has 0 saturated carbocycles. The Kier molecular flexibility index (Phi) is 2.89. The standard InChI is InChI=1S/C17H17N3O/c21-17(20-10-13-3-1-2-4-14(13)11-20)19-16-6-5-12-8-18-9-15(12)7-16/h1-7,18H,8-11H2,(H,19,21). The molecule has 0 bridgehead atoms. The van der Waals surface area contributed by atoms with E-state index in [9.17, 15) is 4.79 Å². The van der Waals surface area contributed by atoms with Gasteiger partial charge in [0.05, 0.1) is 0 Å². The van der Waals surface area contributed by atoms with Gasteiger partial charge >= 0.3 is 6.03 Å². The molecule has 0 radical (unpaired) electrons. The maximum absolute atomic E-state index is 12.4. The summed E-state index contributed by atoms with van der Waals surface area (Å²) in [5, 5.41) is 6.32. The quantitative estimate of drug-likeness (QED) is 0.843. The van der Waals surface area contributed by atoms with Gasteiger partial charge in [0, 0.05) is 31.9 Å². The first kappa shape index (κ1) is 12.4. The molecule has 2 heterocycles. The second-order valence-electron chi connectivity index (χ2n) is 5.64. The first-order valence-electron chi connectivity index (χ1n) is 7.25. The van der Waals surface area contributed by atoms with Crippen LogP contribution in [-0.2, 0) is 26.2 Å².